The molecule has 1 aromatic carbocycles. The van der Waals surface area contributed by atoms with Gasteiger partial charge in [-0.15, -0.1) is 10.2 Å². The largest absolute Gasteiger partial charge is 0.384 e. The number of benzene rings is 1. The van der Waals surface area contributed by atoms with Crippen molar-refractivity contribution in [3.63, 3.8) is 0 Å². The number of Topliss-reactive ketones (excluding diaryl/α,β-unsaturated/α-hetero) is 1. The number of amides is 1. The van der Waals surface area contributed by atoms with Crippen LogP contribution in [-0.2, 0) is 9.59 Å². The number of nitriles is 1. The van der Waals surface area contributed by atoms with Crippen LogP contribution < -0.4 is 16.0 Å². The zero-order chi connectivity index (χ0) is 25.9. The van der Waals surface area contributed by atoms with Gasteiger partial charge in [0.05, 0.1) is 23.3 Å². The highest BCUT2D eigenvalue weighted by Crippen LogP contribution is 2.46. The van der Waals surface area contributed by atoms with Crippen LogP contribution in [0.25, 0.3) is 0 Å². The minimum atomic E-state index is -0.568. The molecule has 0 saturated carbocycles. The third kappa shape index (κ3) is 5.16. The summed E-state index contributed by atoms with van der Waals surface area (Å²) in [4.78, 5) is 31.4. The molecule has 0 spiro atoms. The quantitative estimate of drug-likeness (QED) is 0.388. The zero-order valence-electron chi connectivity index (χ0n) is 19.3. The van der Waals surface area contributed by atoms with Gasteiger partial charge in [-0.1, -0.05) is 51.2 Å². The highest BCUT2D eigenvalue weighted by molar-refractivity contribution is 9.10. The first kappa shape index (κ1) is 25.1. The van der Waals surface area contributed by atoms with Crippen LogP contribution in [0, 0.1) is 11.3 Å². The lowest BCUT2D eigenvalue weighted by Crippen LogP contribution is -2.38. The Bertz CT molecular complexity index is 1480. The number of pyridine rings is 1. The number of rotatable bonds is 6. The van der Waals surface area contributed by atoms with E-state index in [0.29, 0.717) is 40.0 Å². The Morgan fingerprint density at radius 1 is 1.30 bits per heavy atom. The number of hydrogen-bond donors (Lipinski definition) is 2. The molecule has 1 aliphatic carbocycles. The summed E-state index contributed by atoms with van der Waals surface area (Å²) in [5, 5.41) is 21.9. The van der Waals surface area contributed by atoms with E-state index in [1.165, 1.54) is 23.1 Å². The van der Waals surface area contributed by atoms with E-state index in [1.54, 1.807) is 23.4 Å². The number of aromatic nitrogens is 3. The number of hydrogen-bond acceptors (Lipinski definition) is 10. The van der Waals surface area contributed by atoms with Crippen LogP contribution in [-0.4, -0.2) is 32.6 Å². The number of anilines is 2. The molecule has 0 bridgehead atoms. The molecule has 12 heteroatoms. The van der Waals surface area contributed by atoms with Gasteiger partial charge >= 0.3 is 0 Å². The van der Waals surface area contributed by atoms with Crippen LogP contribution in [0.1, 0.15) is 30.7 Å². The lowest BCUT2D eigenvalue weighted by molar-refractivity contribution is -0.116. The predicted octanol–water partition coefficient (Wildman–Crippen LogP) is 4.73. The Labute approximate surface area is 229 Å². The summed E-state index contributed by atoms with van der Waals surface area (Å²) >= 11 is 5.90. The van der Waals surface area contributed by atoms with Gasteiger partial charge in [-0.05, 0) is 42.7 Å². The van der Waals surface area contributed by atoms with E-state index in [4.69, 9.17) is 5.73 Å². The molecule has 0 fully saturated rings. The highest BCUT2D eigenvalue weighted by atomic mass is 79.9. The molecular formula is C25H20BrN7O2S2. The summed E-state index contributed by atoms with van der Waals surface area (Å²) in [6, 6.07) is 13.2. The normalized spacial score (nSPS) is 17.5. The maximum absolute atomic E-state index is 13.1. The molecule has 1 aliphatic heterocycles. The molecule has 1 atom stereocenters. The molecule has 3 aromatic rings. The molecule has 3 N–H and O–H groups in total. The lowest BCUT2D eigenvalue weighted by Gasteiger charge is -2.37. The Morgan fingerprint density at radius 3 is 2.92 bits per heavy atom. The second-order valence-electron chi connectivity index (χ2n) is 8.30. The number of nitrogens with zero attached hydrogens (tertiary/aromatic N) is 5. The van der Waals surface area contributed by atoms with Crippen molar-refractivity contribution >= 4 is 61.5 Å². The number of ketones is 1. The van der Waals surface area contributed by atoms with Gasteiger partial charge in [-0.2, -0.15) is 5.26 Å². The molecule has 9 nitrogen and oxygen atoms in total. The molecule has 37 heavy (non-hydrogen) atoms. The van der Waals surface area contributed by atoms with Gasteiger partial charge in [0.1, 0.15) is 5.82 Å². The van der Waals surface area contributed by atoms with Crippen molar-refractivity contribution in [3.05, 3.63) is 81.5 Å². The average molecular weight is 595 g/mol. The number of carbonyl (C=O) groups excluding carboxylic acids is 2. The highest BCUT2D eigenvalue weighted by Gasteiger charge is 2.41. The first-order valence-electron chi connectivity index (χ1n) is 11.3. The van der Waals surface area contributed by atoms with Crippen molar-refractivity contribution in [1.29, 1.82) is 5.26 Å². The molecule has 5 rings (SSSR count). The smallest absolute Gasteiger partial charge is 0.234 e. The molecule has 1 amide bonds. The van der Waals surface area contributed by atoms with Crippen molar-refractivity contribution in [3.8, 4) is 6.07 Å². The zero-order valence-corrected chi connectivity index (χ0v) is 22.6. The topological polar surface area (TPSA) is 138 Å². The Morgan fingerprint density at radius 2 is 2.16 bits per heavy atom. The van der Waals surface area contributed by atoms with E-state index in [1.807, 2.05) is 30.3 Å². The number of halogens is 1. The van der Waals surface area contributed by atoms with E-state index in [0.717, 1.165) is 15.7 Å². The molecule has 1 unspecified atom stereocenters. The number of allylic oxidation sites excluding steroid dienone is 3. The standard InChI is InChI=1S/C25H20BrN7O2S2/c26-15-5-1-6-16(10-15)30-20(35)13-36-25-32-31-24(37-25)33-18-7-2-8-19(34)22(18)21(17(11-27)23(33)28)14-4-3-9-29-12-14/h1,3-6,9-10,12,21H,2,7-8,13,28H2,(H,30,35). The van der Waals surface area contributed by atoms with Crippen molar-refractivity contribution in [2.45, 2.75) is 29.5 Å². The monoisotopic (exact) mass is 593 g/mol. The average Bonchev–Trinajstić information content (AvgIpc) is 3.36. The van der Waals surface area contributed by atoms with E-state index in [-0.39, 0.29) is 28.8 Å². The Balaban J connectivity index is 1.41. The van der Waals surface area contributed by atoms with Crippen molar-refractivity contribution in [2.75, 3.05) is 16.0 Å². The number of thioether (sulfide) groups is 1. The summed E-state index contributed by atoms with van der Waals surface area (Å²) in [6.45, 7) is 0. The minimum absolute atomic E-state index is 0.0105. The third-order valence-electron chi connectivity index (χ3n) is 5.95. The van der Waals surface area contributed by atoms with Crippen molar-refractivity contribution in [2.24, 2.45) is 5.73 Å². The Hall–Kier alpha value is -3.53. The van der Waals surface area contributed by atoms with E-state index in [2.05, 4.69) is 42.5 Å². The molecule has 0 saturated heterocycles. The summed E-state index contributed by atoms with van der Waals surface area (Å²) in [7, 11) is 0. The van der Waals surface area contributed by atoms with E-state index >= 15 is 0 Å². The SMILES string of the molecule is N#CC1=C(N)N(c2nnc(SCC(=O)Nc3cccc(Br)c3)s2)C2=C(C(=O)CCC2)C1c1cccnc1. The van der Waals surface area contributed by atoms with E-state index in [9.17, 15) is 14.9 Å². The first-order valence-corrected chi connectivity index (χ1v) is 13.9. The second-order valence-corrected chi connectivity index (χ2v) is 11.4. The summed E-state index contributed by atoms with van der Waals surface area (Å²) < 4.78 is 1.45. The van der Waals surface area contributed by atoms with E-state index < -0.39 is 5.92 Å². The lowest BCUT2D eigenvalue weighted by atomic mass is 9.76. The second kappa shape index (κ2) is 10.8. The third-order valence-corrected chi connectivity index (χ3v) is 8.49. The molecule has 186 valence electrons. The van der Waals surface area contributed by atoms with Crippen LogP contribution in [0.2, 0.25) is 0 Å². The Kier molecular flexibility index (Phi) is 7.36. The molecule has 2 aliphatic rings. The summed E-state index contributed by atoms with van der Waals surface area (Å²) in [5.41, 5.74) is 9.57. The van der Waals surface area contributed by atoms with Gasteiger partial charge < -0.3 is 11.1 Å². The summed E-state index contributed by atoms with van der Waals surface area (Å²) in [5.74, 6) is -0.383. The summed E-state index contributed by atoms with van der Waals surface area (Å²) in [6.07, 6.45) is 5.02. The van der Waals surface area contributed by atoms with Crippen LogP contribution in [0.15, 0.2) is 80.3 Å². The van der Waals surface area contributed by atoms with Crippen molar-refractivity contribution < 1.29 is 9.59 Å². The number of nitrogens with one attached hydrogen (secondary N) is 1. The van der Waals surface area contributed by atoms with Crippen molar-refractivity contribution in [1.82, 2.24) is 15.2 Å². The number of carbonyl (C=O) groups is 2. The maximum Gasteiger partial charge on any atom is 0.234 e. The fraction of sp³-hybridized carbons (Fsp3) is 0.200. The van der Waals surface area contributed by atoms with Gasteiger partial charge in [0, 0.05) is 40.2 Å². The fourth-order valence-electron chi connectivity index (χ4n) is 4.43. The minimum Gasteiger partial charge on any atom is -0.384 e. The number of nitrogens with two attached hydrogens (primary N) is 1. The maximum atomic E-state index is 13.1. The fourth-order valence-corrected chi connectivity index (χ4v) is 6.51. The molecule has 0 radical (unpaired) electrons. The molecule has 2 aromatic heterocycles. The first-order chi connectivity index (χ1) is 18.0. The molecule has 3 heterocycles. The van der Waals surface area contributed by atoms with Crippen LogP contribution in [0.4, 0.5) is 10.8 Å². The van der Waals surface area contributed by atoms with Gasteiger partial charge in [-0.3, -0.25) is 19.5 Å². The van der Waals surface area contributed by atoms with Gasteiger partial charge in [0.2, 0.25) is 11.0 Å². The van der Waals surface area contributed by atoms with Gasteiger partial charge in [0.25, 0.3) is 0 Å². The van der Waals surface area contributed by atoms with Gasteiger partial charge in [0.15, 0.2) is 10.1 Å². The predicted molar refractivity (Wildman–Crippen MR) is 146 cm³/mol. The van der Waals surface area contributed by atoms with Crippen LogP contribution in [0.5, 0.6) is 0 Å². The molecular weight excluding hydrogens is 574 g/mol. The van der Waals surface area contributed by atoms with Crippen LogP contribution in [0.3, 0.4) is 0 Å². The van der Waals surface area contributed by atoms with Gasteiger partial charge in [-0.25, -0.2) is 0 Å². The van der Waals surface area contributed by atoms with Crippen LogP contribution >= 0.6 is 39.0 Å².